The fourth-order valence-electron chi connectivity index (χ4n) is 1.77. The van der Waals surface area contributed by atoms with Crippen molar-refractivity contribution in [2.75, 3.05) is 19.0 Å². The lowest BCUT2D eigenvalue weighted by Crippen LogP contribution is -2.32. The standard InChI is InChI=1S/C16H22FN3O6/c1-6-25-14(22)13(21)19-7-9-11(17)12(24-5)10(8-18-9)20-15(23)26-16(2,3)4/h8H,6-7H2,1-5H3,(H,19,21)(H,20,23). The molecule has 0 aliphatic rings. The van der Waals surface area contributed by atoms with Crippen LogP contribution in [0.1, 0.15) is 33.4 Å². The fraction of sp³-hybridized carbons (Fsp3) is 0.500. The first kappa shape index (κ1) is 21.1. The van der Waals surface area contributed by atoms with Crippen LogP contribution in [0.15, 0.2) is 6.20 Å². The topological polar surface area (TPSA) is 116 Å². The Morgan fingerprint density at radius 1 is 1.27 bits per heavy atom. The third kappa shape index (κ3) is 6.19. The van der Waals surface area contributed by atoms with Gasteiger partial charge in [0.25, 0.3) is 0 Å². The molecule has 2 amide bonds. The first-order valence-corrected chi connectivity index (χ1v) is 7.75. The summed E-state index contributed by atoms with van der Waals surface area (Å²) in [6, 6.07) is 0. The zero-order valence-electron chi connectivity index (χ0n) is 15.3. The van der Waals surface area contributed by atoms with Crippen molar-refractivity contribution in [3.8, 4) is 5.75 Å². The molecule has 0 saturated carbocycles. The molecule has 0 fully saturated rings. The molecule has 0 radical (unpaired) electrons. The summed E-state index contributed by atoms with van der Waals surface area (Å²) in [5.41, 5.74) is -0.963. The zero-order valence-corrected chi connectivity index (χ0v) is 15.3. The van der Waals surface area contributed by atoms with E-state index in [1.165, 1.54) is 7.11 Å². The molecule has 1 heterocycles. The second kappa shape index (κ2) is 8.97. The van der Waals surface area contributed by atoms with Crippen molar-refractivity contribution in [3.05, 3.63) is 17.7 Å². The number of halogens is 1. The third-order valence-electron chi connectivity index (χ3n) is 2.76. The van der Waals surface area contributed by atoms with Crippen LogP contribution in [0.5, 0.6) is 5.75 Å². The minimum Gasteiger partial charge on any atom is -0.491 e. The van der Waals surface area contributed by atoms with Crippen molar-refractivity contribution in [2.24, 2.45) is 0 Å². The van der Waals surface area contributed by atoms with Gasteiger partial charge in [0.2, 0.25) is 0 Å². The van der Waals surface area contributed by atoms with Crippen LogP contribution >= 0.6 is 0 Å². The van der Waals surface area contributed by atoms with Gasteiger partial charge in [0, 0.05) is 0 Å². The number of esters is 1. The van der Waals surface area contributed by atoms with Crippen LogP contribution < -0.4 is 15.4 Å². The number of methoxy groups -OCH3 is 1. The Morgan fingerprint density at radius 3 is 2.46 bits per heavy atom. The molecule has 9 nitrogen and oxygen atoms in total. The van der Waals surface area contributed by atoms with Gasteiger partial charge in [0.05, 0.1) is 32.2 Å². The zero-order chi connectivity index (χ0) is 19.9. The van der Waals surface area contributed by atoms with Crippen LogP contribution in [-0.2, 0) is 25.6 Å². The fourth-order valence-corrected chi connectivity index (χ4v) is 1.77. The van der Waals surface area contributed by atoms with Gasteiger partial charge >= 0.3 is 18.0 Å². The number of pyridine rings is 1. The number of amides is 2. The van der Waals surface area contributed by atoms with Crippen LogP contribution in [0.2, 0.25) is 0 Å². The Bertz CT molecular complexity index is 687. The number of hydrogen-bond acceptors (Lipinski definition) is 7. The molecule has 10 heteroatoms. The van der Waals surface area contributed by atoms with Crippen molar-refractivity contribution in [1.82, 2.24) is 10.3 Å². The van der Waals surface area contributed by atoms with Crippen molar-refractivity contribution >= 4 is 23.7 Å². The van der Waals surface area contributed by atoms with E-state index in [-0.39, 0.29) is 30.3 Å². The average molecular weight is 371 g/mol. The van der Waals surface area contributed by atoms with Gasteiger partial charge < -0.3 is 19.5 Å². The monoisotopic (exact) mass is 371 g/mol. The number of nitrogens with zero attached hydrogens (tertiary/aromatic N) is 1. The van der Waals surface area contributed by atoms with Gasteiger partial charge in [-0.25, -0.2) is 14.0 Å². The molecule has 26 heavy (non-hydrogen) atoms. The maximum atomic E-state index is 14.5. The van der Waals surface area contributed by atoms with E-state index in [0.29, 0.717) is 0 Å². The SMILES string of the molecule is CCOC(=O)C(=O)NCc1ncc(NC(=O)OC(C)(C)C)c(OC)c1F. The van der Waals surface area contributed by atoms with Gasteiger partial charge in [-0.1, -0.05) is 0 Å². The van der Waals surface area contributed by atoms with Crippen molar-refractivity contribution in [2.45, 2.75) is 39.8 Å². The lowest BCUT2D eigenvalue weighted by molar-refractivity contribution is -0.154. The number of anilines is 1. The molecule has 0 bridgehead atoms. The number of rotatable bonds is 5. The molecule has 0 aliphatic carbocycles. The molecule has 0 saturated heterocycles. The molecular weight excluding hydrogens is 349 g/mol. The van der Waals surface area contributed by atoms with E-state index >= 15 is 0 Å². The molecule has 1 aromatic rings. The number of hydrogen-bond donors (Lipinski definition) is 2. The number of nitrogens with one attached hydrogen (secondary N) is 2. The molecular formula is C16H22FN3O6. The summed E-state index contributed by atoms with van der Waals surface area (Å²) in [7, 11) is 1.21. The quantitative estimate of drug-likeness (QED) is 0.598. The van der Waals surface area contributed by atoms with E-state index in [4.69, 9.17) is 9.47 Å². The first-order valence-electron chi connectivity index (χ1n) is 7.75. The van der Waals surface area contributed by atoms with E-state index in [1.807, 2.05) is 0 Å². The second-order valence-corrected chi connectivity index (χ2v) is 6.00. The van der Waals surface area contributed by atoms with E-state index < -0.39 is 29.4 Å². The number of aromatic nitrogens is 1. The molecule has 0 aromatic carbocycles. The average Bonchev–Trinajstić information content (AvgIpc) is 2.52. The Balaban J connectivity index is 2.88. The van der Waals surface area contributed by atoms with Crippen LogP contribution in [0, 0.1) is 5.82 Å². The number of carbonyl (C=O) groups excluding carboxylic acids is 3. The first-order chi connectivity index (χ1) is 12.1. The minimum absolute atomic E-state index is 0.0394. The summed E-state index contributed by atoms with van der Waals surface area (Å²) in [6.45, 7) is 6.26. The summed E-state index contributed by atoms with van der Waals surface area (Å²) in [5, 5.41) is 4.52. The lowest BCUT2D eigenvalue weighted by atomic mass is 10.2. The summed E-state index contributed by atoms with van der Waals surface area (Å²) < 4.78 is 29.0. The van der Waals surface area contributed by atoms with Crippen LogP contribution in [0.3, 0.4) is 0 Å². The lowest BCUT2D eigenvalue weighted by Gasteiger charge is -2.20. The van der Waals surface area contributed by atoms with E-state index in [2.05, 4.69) is 20.4 Å². The highest BCUT2D eigenvalue weighted by atomic mass is 19.1. The normalized spacial score (nSPS) is 10.7. The summed E-state index contributed by atoms with van der Waals surface area (Å²) in [6.07, 6.45) is 0.345. The Kier molecular flexibility index (Phi) is 7.29. The van der Waals surface area contributed by atoms with Crippen molar-refractivity contribution in [1.29, 1.82) is 0 Å². The summed E-state index contributed by atoms with van der Waals surface area (Å²) in [5.74, 6) is -3.29. The van der Waals surface area contributed by atoms with E-state index in [0.717, 1.165) is 6.20 Å². The van der Waals surface area contributed by atoms with Gasteiger partial charge in [-0.05, 0) is 27.7 Å². The van der Waals surface area contributed by atoms with Crippen LogP contribution in [0.4, 0.5) is 14.9 Å². The summed E-state index contributed by atoms with van der Waals surface area (Å²) >= 11 is 0. The molecule has 0 atom stereocenters. The van der Waals surface area contributed by atoms with Crippen molar-refractivity contribution in [3.63, 3.8) is 0 Å². The molecule has 1 aromatic heterocycles. The van der Waals surface area contributed by atoms with Crippen LogP contribution in [0.25, 0.3) is 0 Å². The highest BCUT2D eigenvalue weighted by molar-refractivity contribution is 6.32. The highest BCUT2D eigenvalue weighted by Gasteiger charge is 2.22. The van der Waals surface area contributed by atoms with Gasteiger partial charge in [0.15, 0.2) is 11.6 Å². The van der Waals surface area contributed by atoms with Gasteiger partial charge in [-0.15, -0.1) is 0 Å². The number of ether oxygens (including phenoxy) is 3. The summed E-state index contributed by atoms with van der Waals surface area (Å²) in [4.78, 5) is 38.3. The third-order valence-corrected chi connectivity index (χ3v) is 2.76. The predicted molar refractivity (Wildman–Crippen MR) is 89.1 cm³/mol. The minimum atomic E-state index is -1.08. The second-order valence-electron chi connectivity index (χ2n) is 6.00. The Labute approximate surface area is 150 Å². The Morgan fingerprint density at radius 2 is 1.92 bits per heavy atom. The van der Waals surface area contributed by atoms with Gasteiger partial charge in [0.1, 0.15) is 11.3 Å². The van der Waals surface area contributed by atoms with Crippen LogP contribution in [-0.4, -0.2) is 42.3 Å². The van der Waals surface area contributed by atoms with Crippen molar-refractivity contribution < 1.29 is 33.0 Å². The molecule has 1 rings (SSSR count). The number of carbonyl (C=O) groups is 3. The maximum Gasteiger partial charge on any atom is 0.412 e. The Hall–Kier alpha value is -2.91. The molecule has 0 spiro atoms. The molecule has 2 N–H and O–H groups in total. The molecule has 0 unspecified atom stereocenters. The van der Waals surface area contributed by atoms with Gasteiger partial charge in [-0.3, -0.25) is 15.1 Å². The van der Waals surface area contributed by atoms with Gasteiger partial charge in [-0.2, -0.15) is 0 Å². The smallest absolute Gasteiger partial charge is 0.412 e. The van der Waals surface area contributed by atoms with E-state index in [1.54, 1.807) is 27.7 Å². The van der Waals surface area contributed by atoms with E-state index in [9.17, 15) is 18.8 Å². The maximum absolute atomic E-state index is 14.5. The molecule has 144 valence electrons. The molecule has 0 aliphatic heterocycles. The highest BCUT2D eigenvalue weighted by Crippen LogP contribution is 2.29. The largest absolute Gasteiger partial charge is 0.491 e. The predicted octanol–water partition coefficient (Wildman–Crippen LogP) is 1.76.